The zero-order valence-corrected chi connectivity index (χ0v) is 11.5. The minimum atomic E-state index is -0.566. The van der Waals surface area contributed by atoms with Crippen LogP contribution < -0.4 is 0 Å². The summed E-state index contributed by atoms with van der Waals surface area (Å²) in [6.45, 7) is 4.69. The molecule has 1 saturated heterocycles. The first-order valence-electron chi connectivity index (χ1n) is 6.05. The Hall–Kier alpha value is -0.175. The third-order valence-electron chi connectivity index (χ3n) is 2.43. The summed E-state index contributed by atoms with van der Waals surface area (Å²) in [6, 6.07) is -0.566. The van der Waals surface area contributed by atoms with E-state index in [1.54, 1.807) is 14.2 Å². The summed E-state index contributed by atoms with van der Waals surface area (Å²) in [5.41, 5.74) is 0. The lowest BCUT2D eigenvalue weighted by molar-refractivity contribution is -0.252. The SMILES string of the molecule is CC.[B]C1OC(COC)C(OC)C1OCCOO. The van der Waals surface area contributed by atoms with Crippen molar-refractivity contribution in [3.05, 3.63) is 0 Å². The van der Waals surface area contributed by atoms with Crippen LogP contribution in [-0.4, -0.2) is 71.5 Å². The molecule has 0 aliphatic carbocycles. The van der Waals surface area contributed by atoms with E-state index in [0.717, 1.165) is 0 Å². The van der Waals surface area contributed by atoms with Crippen LogP contribution in [0.4, 0.5) is 0 Å². The largest absolute Gasteiger partial charge is 0.382 e. The van der Waals surface area contributed by atoms with Crippen LogP contribution in [0, 0.1) is 0 Å². The van der Waals surface area contributed by atoms with Gasteiger partial charge in [0.25, 0.3) is 0 Å². The van der Waals surface area contributed by atoms with Gasteiger partial charge in [-0.25, -0.2) is 4.89 Å². The van der Waals surface area contributed by atoms with Gasteiger partial charge in [0.05, 0.1) is 13.2 Å². The smallest absolute Gasteiger partial charge is 0.113 e. The highest BCUT2D eigenvalue weighted by molar-refractivity contribution is 6.11. The maximum Gasteiger partial charge on any atom is 0.113 e. The molecule has 4 atom stereocenters. The molecule has 0 aromatic heterocycles. The molecule has 1 rings (SSSR count). The van der Waals surface area contributed by atoms with Gasteiger partial charge in [0.2, 0.25) is 0 Å². The van der Waals surface area contributed by atoms with Crippen molar-refractivity contribution >= 4 is 7.85 Å². The van der Waals surface area contributed by atoms with Crippen molar-refractivity contribution in [1.82, 2.24) is 0 Å². The van der Waals surface area contributed by atoms with Gasteiger partial charge in [-0.1, -0.05) is 13.8 Å². The Morgan fingerprint density at radius 1 is 1.17 bits per heavy atom. The predicted molar refractivity (Wildman–Crippen MR) is 66.8 cm³/mol. The average molecular weight is 262 g/mol. The molecule has 0 amide bonds. The maximum absolute atomic E-state index is 8.17. The lowest BCUT2D eigenvalue weighted by Crippen LogP contribution is -2.39. The summed E-state index contributed by atoms with van der Waals surface area (Å²) in [5.74, 6) is 0. The van der Waals surface area contributed by atoms with Gasteiger partial charge >= 0.3 is 0 Å². The molecule has 0 bridgehead atoms. The van der Waals surface area contributed by atoms with Crippen molar-refractivity contribution in [2.75, 3.05) is 34.0 Å². The number of rotatable bonds is 7. The molecular weight excluding hydrogens is 239 g/mol. The van der Waals surface area contributed by atoms with Gasteiger partial charge in [-0.05, 0) is 0 Å². The minimum Gasteiger partial charge on any atom is -0.382 e. The molecule has 106 valence electrons. The van der Waals surface area contributed by atoms with E-state index in [0.29, 0.717) is 6.61 Å². The minimum absolute atomic E-state index is 0.0780. The van der Waals surface area contributed by atoms with Crippen LogP contribution in [0.3, 0.4) is 0 Å². The van der Waals surface area contributed by atoms with Gasteiger partial charge in [-0.3, -0.25) is 5.26 Å². The van der Waals surface area contributed by atoms with E-state index in [1.165, 1.54) is 0 Å². The molecule has 0 aromatic carbocycles. The Kier molecular flexibility index (Phi) is 10.6. The highest BCUT2D eigenvalue weighted by Gasteiger charge is 2.42. The maximum atomic E-state index is 8.17. The molecule has 1 aliphatic heterocycles. The fourth-order valence-corrected chi connectivity index (χ4v) is 1.75. The fourth-order valence-electron chi connectivity index (χ4n) is 1.75. The van der Waals surface area contributed by atoms with Gasteiger partial charge in [0, 0.05) is 20.2 Å². The summed E-state index contributed by atoms with van der Waals surface area (Å²) in [5, 5.41) is 8.17. The molecule has 0 spiro atoms. The van der Waals surface area contributed by atoms with Gasteiger partial charge in [-0.15, -0.1) is 0 Å². The van der Waals surface area contributed by atoms with Crippen LogP contribution in [0.2, 0.25) is 0 Å². The zero-order chi connectivity index (χ0) is 14.0. The zero-order valence-electron chi connectivity index (χ0n) is 11.5. The van der Waals surface area contributed by atoms with E-state index in [2.05, 4.69) is 4.89 Å². The molecule has 1 N–H and O–H groups in total. The molecule has 4 unspecified atom stereocenters. The Bertz CT molecular complexity index is 194. The highest BCUT2D eigenvalue weighted by Crippen LogP contribution is 2.24. The van der Waals surface area contributed by atoms with Crippen LogP contribution in [0.5, 0.6) is 0 Å². The lowest BCUT2D eigenvalue weighted by Gasteiger charge is -2.22. The first kappa shape index (κ1) is 17.8. The summed E-state index contributed by atoms with van der Waals surface area (Å²) in [7, 11) is 8.90. The lowest BCUT2D eigenvalue weighted by atomic mass is 9.93. The van der Waals surface area contributed by atoms with Crippen molar-refractivity contribution in [3.63, 3.8) is 0 Å². The normalized spacial score (nSPS) is 30.9. The second kappa shape index (κ2) is 10.7. The number of ether oxygens (including phenoxy) is 4. The van der Waals surface area contributed by atoms with E-state index in [-0.39, 0.29) is 31.5 Å². The Balaban J connectivity index is 0.00000137. The van der Waals surface area contributed by atoms with E-state index < -0.39 is 6.00 Å². The van der Waals surface area contributed by atoms with Crippen molar-refractivity contribution in [2.45, 2.75) is 38.2 Å². The van der Waals surface area contributed by atoms with E-state index >= 15 is 0 Å². The highest BCUT2D eigenvalue weighted by atomic mass is 17.1. The number of methoxy groups -OCH3 is 2. The Morgan fingerprint density at radius 2 is 1.83 bits per heavy atom. The summed E-state index contributed by atoms with van der Waals surface area (Å²) >= 11 is 0. The summed E-state index contributed by atoms with van der Waals surface area (Å²) < 4.78 is 21.1. The third-order valence-corrected chi connectivity index (χ3v) is 2.43. The molecular formula is C11H23BO6. The molecule has 0 saturated carbocycles. The molecule has 1 heterocycles. The molecule has 6 nitrogen and oxygen atoms in total. The van der Waals surface area contributed by atoms with Crippen molar-refractivity contribution in [3.8, 4) is 0 Å². The topological polar surface area (TPSA) is 66.4 Å². The predicted octanol–water partition coefficient (Wildman–Crippen LogP) is 0.442. The molecule has 18 heavy (non-hydrogen) atoms. The van der Waals surface area contributed by atoms with Crippen molar-refractivity contribution in [1.29, 1.82) is 0 Å². The Labute approximate surface area is 110 Å². The van der Waals surface area contributed by atoms with Gasteiger partial charge in [0.15, 0.2) is 0 Å². The van der Waals surface area contributed by atoms with Gasteiger partial charge in [-0.2, -0.15) is 0 Å². The van der Waals surface area contributed by atoms with Crippen LogP contribution in [0.1, 0.15) is 13.8 Å². The standard InChI is InChI=1S/C9H17BO6.C2H6/c1-12-5-6-7(13-2)8(9(10)16-6)14-3-4-15-11;1-2/h6-9,11H,3-5H2,1-2H3;1-2H3. The molecule has 0 aromatic rings. The molecule has 2 radical (unpaired) electrons. The second-order valence-electron chi connectivity index (χ2n) is 3.46. The fraction of sp³-hybridized carbons (Fsp3) is 1.00. The van der Waals surface area contributed by atoms with E-state index in [1.807, 2.05) is 13.8 Å². The van der Waals surface area contributed by atoms with Crippen molar-refractivity contribution < 1.29 is 29.1 Å². The van der Waals surface area contributed by atoms with Crippen LogP contribution in [-0.2, 0) is 23.8 Å². The van der Waals surface area contributed by atoms with Crippen molar-refractivity contribution in [2.24, 2.45) is 0 Å². The number of hydrogen-bond acceptors (Lipinski definition) is 6. The third kappa shape index (κ3) is 5.21. The quantitative estimate of drug-likeness (QED) is 0.311. The molecule has 7 heteroatoms. The molecule has 1 fully saturated rings. The first-order chi connectivity index (χ1) is 8.74. The summed E-state index contributed by atoms with van der Waals surface area (Å²) in [4.78, 5) is 3.91. The second-order valence-corrected chi connectivity index (χ2v) is 3.46. The Morgan fingerprint density at radius 3 is 2.33 bits per heavy atom. The van der Waals surface area contributed by atoms with Crippen LogP contribution in [0.15, 0.2) is 0 Å². The first-order valence-corrected chi connectivity index (χ1v) is 6.05. The molecule has 1 aliphatic rings. The monoisotopic (exact) mass is 262 g/mol. The van der Waals surface area contributed by atoms with Crippen LogP contribution in [0.25, 0.3) is 0 Å². The van der Waals surface area contributed by atoms with E-state index in [9.17, 15) is 0 Å². The van der Waals surface area contributed by atoms with Gasteiger partial charge < -0.3 is 18.9 Å². The number of hydrogen-bond donors (Lipinski definition) is 1. The van der Waals surface area contributed by atoms with Crippen LogP contribution >= 0.6 is 0 Å². The van der Waals surface area contributed by atoms with Gasteiger partial charge in [0.1, 0.15) is 32.8 Å². The summed E-state index contributed by atoms with van der Waals surface area (Å²) in [6.07, 6.45) is -0.918. The average Bonchev–Trinajstić information content (AvgIpc) is 2.69. The van der Waals surface area contributed by atoms with E-state index in [4.69, 9.17) is 32.1 Å².